The Morgan fingerprint density at radius 1 is 1.11 bits per heavy atom. The Labute approximate surface area is 112 Å². The molecule has 1 N–H and O–H groups in total. The lowest BCUT2D eigenvalue weighted by molar-refractivity contribution is -0.182. The Morgan fingerprint density at radius 3 is 2.32 bits per heavy atom. The molecule has 0 unspecified atom stereocenters. The monoisotopic (exact) mass is 271 g/mol. The number of aryl methyl sites for hydroxylation is 1. The maximum atomic E-state index is 12.6. The average molecular weight is 271 g/mol. The molecule has 0 amide bonds. The van der Waals surface area contributed by atoms with Crippen LogP contribution in [0.3, 0.4) is 0 Å². The first kappa shape index (κ1) is 14.4. The Morgan fingerprint density at radius 2 is 1.74 bits per heavy atom. The highest BCUT2D eigenvalue weighted by Crippen LogP contribution is 2.37. The van der Waals surface area contributed by atoms with Gasteiger partial charge in [-0.25, -0.2) is 0 Å². The lowest BCUT2D eigenvalue weighted by Gasteiger charge is -2.30. The van der Waals surface area contributed by atoms with Crippen LogP contribution in [0.5, 0.6) is 0 Å². The molecule has 1 aromatic rings. The molecule has 0 saturated heterocycles. The van der Waals surface area contributed by atoms with Crippen LogP contribution in [-0.2, 0) is 6.54 Å². The summed E-state index contributed by atoms with van der Waals surface area (Å²) in [5.41, 5.74) is 2.44. The third kappa shape index (κ3) is 3.96. The molecule has 2 rings (SSSR count). The molecule has 1 aromatic carbocycles. The topological polar surface area (TPSA) is 12.0 Å². The van der Waals surface area contributed by atoms with Crippen molar-refractivity contribution in [3.05, 3.63) is 35.4 Å². The highest BCUT2D eigenvalue weighted by Gasteiger charge is 2.41. The average Bonchev–Trinajstić information content (AvgIpc) is 2.37. The first-order valence-electron chi connectivity index (χ1n) is 6.81. The second-order valence-electron chi connectivity index (χ2n) is 5.40. The molecule has 0 bridgehead atoms. The van der Waals surface area contributed by atoms with E-state index in [0.717, 1.165) is 6.54 Å². The highest BCUT2D eigenvalue weighted by atomic mass is 19.4. The van der Waals surface area contributed by atoms with Crippen molar-refractivity contribution in [1.29, 1.82) is 0 Å². The fourth-order valence-electron chi connectivity index (χ4n) is 2.69. The molecule has 1 saturated carbocycles. The molecule has 0 radical (unpaired) electrons. The van der Waals surface area contributed by atoms with E-state index in [2.05, 4.69) is 24.4 Å². The zero-order valence-corrected chi connectivity index (χ0v) is 11.1. The van der Waals surface area contributed by atoms with Gasteiger partial charge < -0.3 is 5.32 Å². The molecular formula is C15H20F3N. The summed E-state index contributed by atoms with van der Waals surface area (Å²) < 4.78 is 37.7. The quantitative estimate of drug-likeness (QED) is 0.868. The summed E-state index contributed by atoms with van der Waals surface area (Å²) in [7, 11) is 0. The Hall–Kier alpha value is -1.03. The number of hydrogen-bond acceptors (Lipinski definition) is 1. The van der Waals surface area contributed by atoms with Gasteiger partial charge in [0.05, 0.1) is 5.92 Å². The third-order valence-electron chi connectivity index (χ3n) is 4.03. The predicted molar refractivity (Wildman–Crippen MR) is 69.8 cm³/mol. The maximum Gasteiger partial charge on any atom is 0.391 e. The second kappa shape index (κ2) is 5.95. The molecule has 0 spiro atoms. The van der Waals surface area contributed by atoms with Crippen molar-refractivity contribution in [3.63, 3.8) is 0 Å². The van der Waals surface area contributed by atoms with E-state index in [1.807, 2.05) is 12.1 Å². The van der Waals surface area contributed by atoms with Gasteiger partial charge in [-0.05, 0) is 43.7 Å². The molecule has 19 heavy (non-hydrogen) atoms. The Bertz CT molecular complexity index is 406. The van der Waals surface area contributed by atoms with Gasteiger partial charge in [-0.15, -0.1) is 0 Å². The molecule has 106 valence electrons. The first-order valence-corrected chi connectivity index (χ1v) is 6.81. The second-order valence-corrected chi connectivity index (χ2v) is 5.40. The molecule has 0 aromatic heterocycles. The van der Waals surface area contributed by atoms with Gasteiger partial charge in [0.2, 0.25) is 0 Å². The zero-order valence-electron chi connectivity index (χ0n) is 11.1. The molecular weight excluding hydrogens is 251 g/mol. The molecule has 1 aliphatic rings. The third-order valence-corrected chi connectivity index (χ3v) is 4.03. The van der Waals surface area contributed by atoms with Crippen molar-refractivity contribution in [2.24, 2.45) is 5.92 Å². The highest BCUT2D eigenvalue weighted by molar-refractivity contribution is 5.25. The van der Waals surface area contributed by atoms with E-state index in [1.54, 1.807) is 0 Å². The number of alkyl halides is 3. The van der Waals surface area contributed by atoms with E-state index in [4.69, 9.17) is 0 Å². The number of hydrogen-bond donors (Lipinski definition) is 1. The summed E-state index contributed by atoms with van der Waals surface area (Å²) in [5, 5.41) is 3.38. The smallest absolute Gasteiger partial charge is 0.310 e. The molecule has 0 heterocycles. The van der Waals surface area contributed by atoms with Gasteiger partial charge in [-0.2, -0.15) is 13.2 Å². The van der Waals surface area contributed by atoms with Crippen LogP contribution in [0.2, 0.25) is 0 Å². The van der Waals surface area contributed by atoms with Crippen molar-refractivity contribution in [2.75, 3.05) is 0 Å². The predicted octanol–water partition coefficient (Wildman–Crippen LogP) is 4.21. The minimum absolute atomic E-state index is 0.221. The minimum atomic E-state index is -4.01. The van der Waals surface area contributed by atoms with E-state index in [9.17, 15) is 13.2 Å². The standard InChI is InChI=1S/C15H20F3N/c1-11-4-2-3-5-12(11)10-19-14-8-6-13(7-9-14)15(16,17)18/h2-5,13-14,19H,6-10H2,1H3. The lowest BCUT2D eigenvalue weighted by atomic mass is 9.85. The minimum Gasteiger partial charge on any atom is -0.310 e. The molecule has 0 atom stereocenters. The van der Waals surface area contributed by atoms with Gasteiger partial charge in [0.1, 0.15) is 0 Å². The fourth-order valence-corrected chi connectivity index (χ4v) is 2.69. The van der Waals surface area contributed by atoms with Crippen LogP contribution in [0.15, 0.2) is 24.3 Å². The van der Waals surface area contributed by atoms with Crippen molar-refractivity contribution < 1.29 is 13.2 Å². The van der Waals surface area contributed by atoms with Crippen LogP contribution >= 0.6 is 0 Å². The van der Waals surface area contributed by atoms with Crippen LogP contribution < -0.4 is 5.32 Å². The summed E-state index contributed by atoms with van der Waals surface area (Å²) in [6.07, 6.45) is -2.25. The van der Waals surface area contributed by atoms with Crippen molar-refractivity contribution in [2.45, 2.75) is 51.4 Å². The maximum absolute atomic E-state index is 12.6. The number of halogens is 3. The molecule has 0 aliphatic heterocycles. The van der Waals surface area contributed by atoms with E-state index >= 15 is 0 Å². The summed E-state index contributed by atoms with van der Waals surface area (Å²) >= 11 is 0. The Balaban J connectivity index is 1.79. The van der Waals surface area contributed by atoms with Crippen LogP contribution in [0.1, 0.15) is 36.8 Å². The number of rotatable bonds is 3. The Kier molecular flexibility index (Phi) is 4.50. The molecule has 1 nitrogen and oxygen atoms in total. The lowest BCUT2D eigenvalue weighted by Crippen LogP contribution is -2.36. The fraction of sp³-hybridized carbons (Fsp3) is 0.600. The summed E-state index contributed by atoms with van der Waals surface area (Å²) in [6.45, 7) is 2.80. The van der Waals surface area contributed by atoms with E-state index < -0.39 is 12.1 Å². The van der Waals surface area contributed by atoms with Crippen molar-refractivity contribution >= 4 is 0 Å². The largest absolute Gasteiger partial charge is 0.391 e. The van der Waals surface area contributed by atoms with Gasteiger partial charge in [0.25, 0.3) is 0 Å². The van der Waals surface area contributed by atoms with E-state index in [-0.39, 0.29) is 18.9 Å². The van der Waals surface area contributed by atoms with Gasteiger partial charge in [0.15, 0.2) is 0 Å². The van der Waals surface area contributed by atoms with E-state index in [0.29, 0.717) is 12.8 Å². The van der Waals surface area contributed by atoms with Crippen LogP contribution in [0.25, 0.3) is 0 Å². The van der Waals surface area contributed by atoms with Crippen LogP contribution in [-0.4, -0.2) is 12.2 Å². The number of nitrogens with one attached hydrogen (secondary N) is 1. The summed E-state index contributed by atoms with van der Waals surface area (Å²) in [4.78, 5) is 0. The zero-order chi connectivity index (χ0) is 13.9. The number of benzene rings is 1. The summed E-state index contributed by atoms with van der Waals surface area (Å²) in [5.74, 6) is -1.09. The van der Waals surface area contributed by atoms with Crippen molar-refractivity contribution in [1.82, 2.24) is 5.32 Å². The van der Waals surface area contributed by atoms with Gasteiger partial charge >= 0.3 is 6.18 Å². The van der Waals surface area contributed by atoms with Crippen molar-refractivity contribution in [3.8, 4) is 0 Å². The molecule has 4 heteroatoms. The van der Waals surface area contributed by atoms with Crippen LogP contribution in [0.4, 0.5) is 13.2 Å². The van der Waals surface area contributed by atoms with Gasteiger partial charge in [0, 0.05) is 12.6 Å². The summed E-state index contributed by atoms with van der Waals surface area (Å²) in [6, 6.07) is 8.32. The van der Waals surface area contributed by atoms with E-state index in [1.165, 1.54) is 11.1 Å². The van der Waals surface area contributed by atoms with Gasteiger partial charge in [-0.3, -0.25) is 0 Å². The van der Waals surface area contributed by atoms with Gasteiger partial charge in [-0.1, -0.05) is 24.3 Å². The SMILES string of the molecule is Cc1ccccc1CNC1CCC(C(F)(F)F)CC1. The molecule has 1 aliphatic carbocycles. The van der Waals surface area contributed by atoms with Crippen LogP contribution in [0, 0.1) is 12.8 Å². The molecule has 1 fully saturated rings. The first-order chi connectivity index (χ1) is 8.97. The normalized spacial score (nSPS) is 24.4.